The molecule has 0 spiro atoms. The van der Waals surface area contributed by atoms with Crippen molar-refractivity contribution in [1.29, 1.82) is 0 Å². The van der Waals surface area contributed by atoms with Crippen molar-refractivity contribution in [3.8, 4) is 11.1 Å². The van der Waals surface area contributed by atoms with Gasteiger partial charge in [0.05, 0.1) is 16.6 Å². The fourth-order valence-corrected chi connectivity index (χ4v) is 3.52. The third-order valence-corrected chi connectivity index (χ3v) is 5.67. The second-order valence-corrected chi connectivity index (χ2v) is 7.80. The number of hydrogen-bond donors (Lipinski definition) is 2. The third-order valence-electron chi connectivity index (χ3n) is 5.19. The standard InChI is InChI=1S/C21H16ClF4N3O2/c1-9-14(8-28-18(17(9)22)19(30)21(24,25)26)11-3-2-10-5-16(27-7-12(10)4-11)29-20(31)13-6-15(13)23/h2-5,7-8,13,15,19,30H,6H2,1H3,(H,27,29,31)/t13?,15-,19+/m0/s1. The number of hydrogen-bond acceptors (Lipinski definition) is 4. The Bertz CT molecular complexity index is 1190. The van der Waals surface area contributed by atoms with Crippen molar-refractivity contribution in [3.05, 3.63) is 52.9 Å². The minimum absolute atomic E-state index is 0.220. The molecule has 2 heterocycles. The minimum Gasteiger partial charge on any atom is -0.378 e. The van der Waals surface area contributed by atoms with Crippen LogP contribution in [-0.2, 0) is 4.79 Å². The van der Waals surface area contributed by atoms with Crippen LogP contribution in [0.25, 0.3) is 21.9 Å². The molecule has 0 radical (unpaired) electrons. The molecule has 0 aliphatic heterocycles. The van der Waals surface area contributed by atoms with Gasteiger partial charge in [0.25, 0.3) is 0 Å². The number of amides is 1. The zero-order valence-electron chi connectivity index (χ0n) is 16.0. The second kappa shape index (κ2) is 7.72. The van der Waals surface area contributed by atoms with Crippen LogP contribution in [0.1, 0.15) is 23.8 Å². The fraction of sp³-hybridized carbons (Fsp3) is 0.286. The van der Waals surface area contributed by atoms with E-state index in [2.05, 4.69) is 15.3 Å². The number of rotatable bonds is 4. The molecule has 2 aromatic heterocycles. The van der Waals surface area contributed by atoms with Gasteiger partial charge >= 0.3 is 6.18 Å². The number of nitrogens with one attached hydrogen (secondary N) is 1. The number of fused-ring (bicyclic) bond motifs is 1. The number of nitrogens with zero attached hydrogens (tertiary/aromatic N) is 2. The zero-order chi connectivity index (χ0) is 22.5. The van der Waals surface area contributed by atoms with Gasteiger partial charge in [0.15, 0.2) is 6.10 Å². The van der Waals surface area contributed by atoms with Crippen molar-refractivity contribution in [1.82, 2.24) is 9.97 Å². The number of halogens is 5. The molecule has 162 valence electrons. The summed E-state index contributed by atoms with van der Waals surface area (Å²) in [5.41, 5.74) is 0.843. The highest BCUT2D eigenvalue weighted by Crippen LogP contribution is 2.39. The topological polar surface area (TPSA) is 75.1 Å². The number of aromatic nitrogens is 2. The monoisotopic (exact) mass is 453 g/mol. The first kappa shape index (κ1) is 21.5. The Labute approximate surface area is 179 Å². The fourth-order valence-electron chi connectivity index (χ4n) is 3.27. The maximum atomic E-state index is 13.0. The largest absolute Gasteiger partial charge is 0.420 e. The summed E-state index contributed by atoms with van der Waals surface area (Å²) in [5.74, 6) is -0.733. The number of anilines is 1. The molecule has 0 saturated heterocycles. The Kier molecular flexibility index (Phi) is 5.35. The van der Waals surface area contributed by atoms with Crippen molar-refractivity contribution in [2.45, 2.75) is 31.8 Å². The van der Waals surface area contributed by atoms with Crippen LogP contribution < -0.4 is 5.32 Å². The van der Waals surface area contributed by atoms with Gasteiger partial charge in [0, 0.05) is 23.3 Å². The lowest BCUT2D eigenvalue weighted by Gasteiger charge is -2.18. The summed E-state index contributed by atoms with van der Waals surface area (Å²) in [5, 5.41) is 13.3. The molecular formula is C21H16ClF4N3O2. The lowest BCUT2D eigenvalue weighted by atomic mass is 9.99. The van der Waals surface area contributed by atoms with Gasteiger partial charge in [-0.3, -0.25) is 9.78 Å². The summed E-state index contributed by atoms with van der Waals surface area (Å²) in [4.78, 5) is 19.8. The minimum atomic E-state index is -4.88. The zero-order valence-corrected chi connectivity index (χ0v) is 16.8. The summed E-state index contributed by atoms with van der Waals surface area (Å²) in [6.07, 6.45) is -5.77. The van der Waals surface area contributed by atoms with E-state index in [9.17, 15) is 27.5 Å². The number of carbonyl (C=O) groups excluding carboxylic acids is 1. The Morgan fingerprint density at radius 2 is 1.94 bits per heavy atom. The molecule has 1 fully saturated rings. The van der Waals surface area contributed by atoms with E-state index >= 15 is 0 Å². The van der Waals surface area contributed by atoms with E-state index in [0.717, 1.165) is 5.39 Å². The van der Waals surface area contributed by atoms with Crippen LogP contribution in [0.4, 0.5) is 23.4 Å². The third kappa shape index (κ3) is 4.20. The Balaban J connectivity index is 1.63. The molecule has 1 amide bonds. The van der Waals surface area contributed by atoms with Crippen LogP contribution in [0.2, 0.25) is 5.02 Å². The molecule has 2 N–H and O–H groups in total. The van der Waals surface area contributed by atoms with Gasteiger partial charge in [-0.2, -0.15) is 13.2 Å². The molecule has 5 nitrogen and oxygen atoms in total. The van der Waals surface area contributed by atoms with Crippen molar-refractivity contribution in [3.63, 3.8) is 0 Å². The van der Waals surface area contributed by atoms with Gasteiger partial charge in [0.2, 0.25) is 5.91 Å². The van der Waals surface area contributed by atoms with Crippen molar-refractivity contribution in [2.75, 3.05) is 5.32 Å². The lowest BCUT2D eigenvalue weighted by molar-refractivity contribution is -0.207. The molecule has 1 aromatic carbocycles. The van der Waals surface area contributed by atoms with Gasteiger partial charge in [-0.05, 0) is 42.0 Å². The van der Waals surface area contributed by atoms with Crippen LogP contribution in [0.5, 0.6) is 0 Å². The molecule has 10 heteroatoms. The second-order valence-electron chi connectivity index (χ2n) is 7.42. The summed E-state index contributed by atoms with van der Waals surface area (Å²) in [7, 11) is 0. The molecule has 4 rings (SSSR count). The van der Waals surface area contributed by atoms with Crippen LogP contribution in [-0.4, -0.2) is 33.3 Å². The predicted molar refractivity (Wildman–Crippen MR) is 107 cm³/mol. The van der Waals surface area contributed by atoms with E-state index in [1.54, 1.807) is 31.2 Å². The van der Waals surface area contributed by atoms with Crippen LogP contribution in [0.15, 0.2) is 36.7 Å². The molecule has 3 aromatic rings. The van der Waals surface area contributed by atoms with Gasteiger partial charge < -0.3 is 10.4 Å². The number of aliphatic hydroxyl groups is 1. The van der Waals surface area contributed by atoms with Gasteiger partial charge in [-0.1, -0.05) is 23.7 Å². The summed E-state index contributed by atoms with van der Waals surface area (Å²) in [6, 6.07) is 6.88. The van der Waals surface area contributed by atoms with E-state index in [1.165, 1.54) is 12.4 Å². The molecule has 31 heavy (non-hydrogen) atoms. The molecule has 3 atom stereocenters. The highest BCUT2D eigenvalue weighted by Gasteiger charge is 2.44. The number of pyridine rings is 2. The van der Waals surface area contributed by atoms with Crippen molar-refractivity contribution < 1.29 is 27.5 Å². The average Bonchev–Trinajstić information content (AvgIpc) is 3.45. The summed E-state index contributed by atoms with van der Waals surface area (Å²) in [6.45, 7) is 1.54. The van der Waals surface area contributed by atoms with Gasteiger partial charge in [0.1, 0.15) is 12.0 Å². The highest BCUT2D eigenvalue weighted by molar-refractivity contribution is 6.32. The number of carbonyl (C=O) groups is 1. The maximum absolute atomic E-state index is 13.0. The lowest BCUT2D eigenvalue weighted by Crippen LogP contribution is -2.22. The Hall–Kier alpha value is -2.78. The molecule has 1 aliphatic carbocycles. The summed E-state index contributed by atoms with van der Waals surface area (Å²) >= 11 is 6.08. The first-order chi connectivity index (χ1) is 14.6. The number of alkyl halides is 4. The molecule has 1 unspecified atom stereocenters. The Morgan fingerprint density at radius 3 is 2.58 bits per heavy atom. The Morgan fingerprint density at radius 1 is 1.23 bits per heavy atom. The normalized spacial score (nSPS) is 19.3. The number of benzene rings is 1. The SMILES string of the molecule is Cc1c(-c2ccc3cc(NC(=O)C4C[C@@H]4F)ncc3c2)cnc([C@@H](O)C(F)(F)F)c1Cl. The molecular weight excluding hydrogens is 438 g/mol. The van der Waals surface area contributed by atoms with E-state index in [-0.39, 0.29) is 11.4 Å². The first-order valence-corrected chi connectivity index (χ1v) is 9.69. The average molecular weight is 454 g/mol. The van der Waals surface area contributed by atoms with E-state index < -0.39 is 36.0 Å². The number of aliphatic hydroxyl groups excluding tert-OH is 1. The maximum Gasteiger partial charge on any atom is 0.420 e. The van der Waals surface area contributed by atoms with Crippen LogP contribution in [0.3, 0.4) is 0 Å². The van der Waals surface area contributed by atoms with Gasteiger partial charge in [-0.15, -0.1) is 0 Å². The molecule has 1 saturated carbocycles. The smallest absolute Gasteiger partial charge is 0.378 e. The highest BCUT2D eigenvalue weighted by atomic mass is 35.5. The van der Waals surface area contributed by atoms with Crippen molar-refractivity contribution >= 4 is 34.1 Å². The van der Waals surface area contributed by atoms with Crippen molar-refractivity contribution in [2.24, 2.45) is 5.92 Å². The van der Waals surface area contributed by atoms with Crippen LogP contribution in [0, 0.1) is 12.8 Å². The molecule has 1 aliphatic rings. The van der Waals surface area contributed by atoms with E-state index in [4.69, 9.17) is 11.6 Å². The van der Waals surface area contributed by atoms with Crippen LogP contribution >= 0.6 is 11.6 Å². The summed E-state index contributed by atoms with van der Waals surface area (Å²) < 4.78 is 51.5. The van der Waals surface area contributed by atoms with Gasteiger partial charge in [-0.25, -0.2) is 9.37 Å². The van der Waals surface area contributed by atoms with E-state index in [1.807, 2.05) is 0 Å². The predicted octanol–water partition coefficient (Wildman–Crippen LogP) is 5.15. The quantitative estimate of drug-likeness (QED) is 0.536. The molecule has 0 bridgehead atoms. The first-order valence-electron chi connectivity index (χ1n) is 9.31. The van der Waals surface area contributed by atoms with E-state index in [0.29, 0.717) is 27.9 Å².